The Hall–Kier alpha value is -1.02. The van der Waals surface area contributed by atoms with Gasteiger partial charge in [-0.2, -0.15) is 0 Å². The van der Waals surface area contributed by atoms with Crippen LogP contribution in [0.25, 0.3) is 0 Å². The first kappa shape index (κ1) is 16.0. The molecule has 8 heteroatoms. The molecule has 0 aromatic heterocycles. The number of hydrogen-bond acceptors (Lipinski definition) is 5. The molecule has 19 heavy (non-hydrogen) atoms. The molecule has 1 aliphatic heterocycles. The summed E-state index contributed by atoms with van der Waals surface area (Å²) in [6.45, 7) is 3.43. The zero-order valence-corrected chi connectivity index (χ0v) is 12.0. The summed E-state index contributed by atoms with van der Waals surface area (Å²) < 4.78 is 22.5. The second-order valence-electron chi connectivity index (χ2n) is 4.32. The van der Waals surface area contributed by atoms with Crippen molar-refractivity contribution < 1.29 is 23.1 Å². The minimum absolute atomic E-state index is 0.0705. The summed E-state index contributed by atoms with van der Waals surface area (Å²) in [7, 11) is -2.95. The number of rotatable bonds is 7. The molecular weight excluding hydrogens is 290 g/mol. The molecule has 0 bridgehead atoms. The van der Waals surface area contributed by atoms with Crippen LogP contribution in [-0.2, 0) is 19.4 Å². The maximum absolute atomic E-state index is 11.6. The Kier molecular flexibility index (Phi) is 5.86. The third-order valence-corrected chi connectivity index (χ3v) is 5.96. The highest BCUT2D eigenvalue weighted by Crippen LogP contribution is 2.23. The first-order valence-corrected chi connectivity index (χ1v) is 8.66. The van der Waals surface area contributed by atoms with Gasteiger partial charge in [0.15, 0.2) is 9.84 Å². The largest absolute Gasteiger partial charge is 0.480 e. The van der Waals surface area contributed by atoms with E-state index >= 15 is 0 Å². The Morgan fingerprint density at radius 2 is 2.21 bits per heavy atom. The van der Waals surface area contributed by atoms with E-state index in [9.17, 15) is 18.0 Å². The van der Waals surface area contributed by atoms with Gasteiger partial charge in [0, 0.05) is 5.25 Å². The lowest BCUT2D eigenvalue weighted by molar-refractivity contribution is -0.141. The smallest absolute Gasteiger partial charge is 0.326 e. The number of aliphatic carboxylic acids is 1. The molecule has 108 valence electrons. The molecule has 0 radical (unpaired) electrons. The molecule has 1 saturated heterocycles. The van der Waals surface area contributed by atoms with Gasteiger partial charge in [0.25, 0.3) is 0 Å². The van der Waals surface area contributed by atoms with Gasteiger partial charge in [-0.25, -0.2) is 13.2 Å². The van der Waals surface area contributed by atoms with Crippen LogP contribution >= 0.6 is 11.8 Å². The van der Waals surface area contributed by atoms with E-state index in [1.807, 2.05) is 0 Å². The Labute approximate surface area is 116 Å². The first-order chi connectivity index (χ1) is 8.84. The van der Waals surface area contributed by atoms with E-state index in [4.69, 9.17) is 5.11 Å². The van der Waals surface area contributed by atoms with Crippen molar-refractivity contribution in [3.63, 3.8) is 0 Å². The fourth-order valence-corrected chi connectivity index (χ4v) is 5.16. The highest BCUT2D eigenvalue weighted by atomic mass is 32.2. The second kappa shape index (κ2) is 6.95. The van der Waals surface area contributed by atoms with Crippen molar-refractivity contribution in [2.24, 2.45) is 0 Å². The summed E-state index contributed by atoms with van der Waals surface area (Å²) in [5.41, 5.74) is 0. The van der Waals surface area contributed by atoms with E-state index in [-0.39, 0.29) is 28.9 Å². The van der Waals surface area contributed by atoms with Crippen LogP contribution in [0, 0.1) is 0 Å². The summed E-state index contributed by atoms with van der Waals surface area (Å²) in [5, 5.41) is 11.2. The van der Waals surface area contributed by atoms with E-state index in [0.29, 0.717) is 6.42 Å². The fraction of sp³-hybridized carbons (Fsp3) is 0.636. The minimum atomic E-state index is -2.95. The number of nitrogens with one attached hydrogen (secondary N) is 1. The zero-order chi connectivity index (χ0) is 14.5. The van der Waals surface area contributed by atoms with Crippen LogP contribution in [0.3, 0.4) is 0 Å². The lowest BCUT2D eigenvalue weighted by atomic mass is 10.2. The number of carbonyl (C=O) groups is 2. The molecule has 6 nitrogen and oxygen atoms in total. The topological polar surface area (TPSA) is 101 Å². The monoisotopic (exact) mass is 307 g/mol. The maximum Gasteiger partial charge on any atom is 0.326 e. The van der Waals surface area contributed by atoms with Gasteiger partial charge < -0.3 is 10.4 Å². The summed E-state index contributed by atoms with van der Waals surface area (Å²) in [5.74, 6) is -1.17. The molecule has 0 spiro atoms. The molecule has 1 rings (SSSR count). The van der Waals surface area contributed by atoms with Crippen molar-refractivity contribution in [1.82, 2.24) is 5.32 Å². The number of amides is 1. The number of sulfone groups is 1. The van der Waals surface area contributed by atoms with E-state index in [1.54, 1.807) is 0 Å². The molecule has 0 aromatic rings. The lowest BCUT2D eigenvalue weighted by Crippen LogP contribution is -2.41. The molecule has 0 aromatic carbocycles. The quantitative estimate of drug-likeness (QED) is 0.645. The van der Waals surface area contributed by atoms with Gasteiger partial charge in [0.1, 0.15) is 6.04 Å². The van der Waals surface area contributed by atoms with Crippen LogP contribution in [-0.4, -0.2) is 54.0 Å². The SMILES string of the molecule is C=CCC(NC(=O)CSC1CCS(=O)(=O)C1)C(=O)O. The summed E-state index contributed by atoms with van der Waals surface area (Å²) in [4.78, 5) is 22.4. The van der Waals surface area contributed by atoms with Crippen molar-refractivity contribution in [1.29, 1.82) is 0 Å². The Balaban J connectivity index is 2.35. The Morgan fingerprint density at radius 3 is 2.68 bits per heavy atom. The number of carboxylic acids is 1. The van der Waals surface area contributed by atoms with Crippen molar-refractivity contribution in [2.75, 3.05) is 17.3 Å². The predicted octanol–water partition coefficient (Wildman–Crippen LogP) is 0.0522. The molecule has 2 N–H and O–H groups in total. The normalized spacial score (nSPS) is 22.6. The van der Waals surface area contributed by atoms with Crippen LogP contribution in [0.5, 0.6) is 0 Å². The standard InChI is InChI=1S/C11H17NO5S2/c1-2-3-9(11(14)15)12-10(13)6-18-8-4-5-19(16,17)7-8/h2,8-9H,1,3-7H2,(H,12,13)(H,14,15). The van der Waals surface area contributed by atoms with Gasteiger partial charge in [0.05, 0.1) is 17.3 Å². The van der Waals surface area contributed by atoms with E-state index in [0.717, 1.165) is 0 Å². The Bertz CT molecular complexity index is 460. The van der Waals surface area contributed by atoms with Crippen LogP contribution < -0.4 is 5.32 Å². The first-order valence-electron chi connectivity index (χ1n) is 5.79. The van der Waals surface area contributed by atoms with Gasteiger partial charge in [0.2, 0.25) is 5.91 Å². The fourth-order valence-electron chi connectivity index (χ4n) is 1.71. The molecule has 2 unspecified atom stereocenters. The van der Waals surface area contributed by atoms with Crippen molar-refractivity contribution in [2.45, 2.75) is 24.1 Å². The lowest BCUT2D eigenvalue weighted by Gasteiger charge is -2.13. The van der Waals surface area contributed by atoms with Crippen molar-refractivity contribution >= 4 is 33.5 Å². The van der Waals surface area contributed by atoms with Crippen molar-refractivity contribution in [3.05, 3.63) is 12.7 Å². The van der Waals surface area contributed by atoms with E-state index in [1.165, 1.54) is 17.8 Å². The van der Waals surface area contributed by atoms with Gasteiger partial charge in [-0.05, 0) is 12.8 Å². The number of thioether (sulfide) groups is 1. The maximum atomic E-state index is 11.6. The third-order valence-electron chi connectivity index (χ3n) is 2.68. The average molecular weight is 307 g/mol. The second-order valence-corrected chi connectivity index (χ2v) is 7.84. The number of carboxylic acid groups (broad SMARTS) is 1. The Morgan fingerprint density at radius 1 is 1.53 bits per heavy atom. The number of carbonyl (C=O) groups excluding carboxylic acids is 1. The van der Waals surface area contributed by atoms with Crippen LogP contribution in [0.4, 0.5) is 0 Å². The minimum Gasteiger partial charge on any atom is -0.480 e. The molecule has 1 amide bonds. The average Bonchev–Trinajstić information content (AvgIpc) is 2.66. The van der Waals surface area contributed by atoms with Crippen LogP contribution in [0.15, 0.2) is 12.7 Å². The molecule has 0 aliphatic carbocycles. The zero-order valence-electron chi connectivity index (χ0n) is 10.4. The molecule has 1 fully saturated rings. The molecule has 2 atom stereocenters. The van der Waals surface area contributed by atoms with Gasteiger partial charge in [-0.15, -0.1) is 18.3 Å². The van der Waals surface area contributed by atoms with Crippen molar-refractivity contribution in [3.8, 4) is 0 Å². The summed E-state index contributed by atoms with van der Waals surface area (Å²) in [6.07, 6.45) is 2.13. The highest BCUT2D eigenvalue weighted by molar-refractivity contribution is 8.02. The van der Waals surface area contributed by atoms with Crippen LogP contribution in [0.1, 0.15) is 12.8 Å². The van der Waals surface area contributed by atoms with E-state index < -0.39 is 27.8 Å². The molecule has 1 aliphatic rings. The van der Waals surface area contributed by atoms with Crippen LogP contribution in [0.2, 0.25) is 0 Å². The molecular formula is C11H17NO5S2. The molecule has 0 saturated carbocycles. The van der Waals surface area contributed by atoms with Gasteiger partial charge in [-0.3, -0.25) is 4.79 Å². The summed E-state index contributed by atoms with van der Waals surface area (Å²) >= 11 is 1.26. The molecule has 1 heterocycles. The highest BCUT2D eigenvalue weighted by Gasteiger charge is 2.29. The van der Waals surface area contributed by atoms with Gasteiger partial charge in [-0.1, -0.05) is 6.08 Å². The number of hydrogen-bond donors (Lipinski definition) is 2. The van der Waals surface area contributed by atoms with Gasteiger partial charge >= 0.3 is 5.97 Å². The summed E-state index contributed by atoms with van der Waals surface area (Å²) in [6, 6.07) is -0.974. The van der Waals surface area contributed by atoms with E-state index in [2.05, 4.69) is 11.9 Å². The third kappa shape index (κ3) is 5.65. The predicted molar refractivity (Wildman–Crippen MR) is 73.9 cm³/mol.